The predicted octanol–water partition coefficient (Wildman–Crippen LogP) is 4.67. The smallest absolute Gasteiger partial charge is 0.123 e. The van der Waals surface area contributed by atoms with Crippen LogP contribution in [0.25, 0.3) is 0 Å². The topological polar surface area (TPSA) is 24.5 Å². The lowest BCUT2D eigenvalue weighted by Gasteiger charge is -2.24. The lowest BCUT2D eigenvalue weighted by molar-refractivity contribution is 0.0546. The molecule has 1 fully saturated rings. The average molecular weight is 387 g/mol. The van der Waals surface area contributed by atoms with Crippen LogP contribution in [0.5, 0.6) is 0 Å². The Balaban J connectivity index is 0.00000136. The van der Waals surface area contributed by atoms with Gasteiger partial charge in [-0.15, -0.1) is 0 Å². The lowest BCUT2D eigenvalue weighted by atomic mass is 10.1. The molecule has 28 heavy (non-hydrogen) atoms. The SMILES string of the molecule is CC.Fc1ccc(CC2CN(CCCNCc3ccccc3)CCCO2)cc1. The number of hydrogen-bond acceptors (Lipinski definition) is 3. The summed E-state index contributed by atoms with van der Waals surface area (Å²) in [6, 6.07) is 17.3. The van der Waals surface area contributed by atoms with E-state index in [9.17, 15) is 4.39 Å². The normalized spacial score (nSPS) is 17.5. The molecule has 1 aliphatic rings. The number of hydrogen-bond donors (Lipinski definition) is 1. The number of nitrogens with zero attached hydrogens (tertiary/aromatic N) is 1. The maximum Gasteiger partial charge on any atom is 0.123 e. The second-order valence-corrected chi connectivity index (χ2v) is 6.99. The summed E-state index contributed by atoms with van der Waals surface area (Å²) in [7, 11) is 0. The number of halogens is 1. The second kappa shape index (κ2) is 13.4. The van der Waals surface area contributed by atoms with Crippen LogP contribution in [0, 0.1) is 5.82 Å². The molecule has 0 aromatic heterocycles. The Morgan fingerprint density at radius 1 is 1.04 bits per heavy atom. The molecule has 154 valence electrons. The maximum atomic E-state index is 13.1. The van der Waals surface area contributed by atoms with Gasteiger partial charge in [-0.3, -0.25) is 0 Å². The average Bonchev–Trinajstić information content (AvgIpc) is 2.97. The van der Waals surface area contributed by atoms with E-state index in [0.717, 1.165) is 64.2 Å². The van der Waals surface area contributed by atoms with E-state index in [1.807, 2.05) is 32.0 Å². The number of nitrogens with one attached hydrogen (secondary N) is 1. The van der Waals surface area contributed by atoms with Crippen LogP contribution < -0.4 is 5.32 Å². The minimum atomic E-state index is -0.180. The van der Waals surface area contributed by atoms with Gasteiger partial charge in [0.1, 0.15) is 5.82 Å². The second-order valence-electron chi connectivity index (χ2n) is 6.99. The fraction of sp³-hybridized carbons (Fsp3) is 0.500. The van der Waals surface area contributed by atoms with Crippen LogP contribution in [0.3, 0.4) is 0 Å². The highest BCUT2D eigenvalue weighted by molar-refractivity contribution is 5.17. The molecule has 1 saturated heterocycles. The first kappa shape index (κ1) is 22.5. The van der Waals surface area contributed by atoms with Crippen molar-refractivity contribution in [3.8, 4) is 0 Å². The monoisotopic (exact) mass is 386 g/mol. The van der Waals surface area contributed by atoms with Gasteiger partial charge in [-0.25, -0.2) is 4.39 Å². The van der Waals surface area contributed by atoms with Crippen LogP contribution >= 0.6 is 0 Å². The third-order valence-corrected chi connectivity index (χ3v) is 4.81. The minimum Gasteiger partial charge on any atom is -0.376 e. The fourth-order valence-electron chi connectivity index (χ4n) is 3.44. The quantitative estimate of drug-likeness (QED) is 0.668. The summed E-state index contributed by atoms with van der Waals surface area (Å²) in [5, 5.41) is 3.52. The van der Waals surface area contributed by atoms with Gasteiger partial charge in [0.15, 0.2) is 0 Å². The van der Waals surface area contributed by atoms with Crippen molar-refractivity contribution >= 4 is 0 Å². The summed E-state index contributed by atoms with van der Waals surface area (Å²) in [5.74, 6) is -0.180. The van der Waals surface area contributed by atoms with Crippen molar-refractivity contribution in [1.29, 1.82) is 0 Å². The molecular formula is C24H35FN2O. The summed E-state index contributed by atoms with van der Waals surface area (Å²) in [4.78, 5) is 2.51. The van der Waals surface area contributed by atoms with E-state index in [1.165, 1.54) is 17.7 Å². The van der Waals surface area contributed by atoms with Gasteiger partial charge in [-0.2, -0.15) is 0 Å². The van der Waals surface area contributed by atoms with Crippen LogP contribution in [-0.4, -0.2) is 43.8 Å². The zero-order valence-corrected chi connectivity index (χ0v) is 17.4. The molecule has 0 amide bonds. The molecule has 0 radical (unpaired) electrons. The summed E-state index contributed by atoms with van der Waals surface area (Å²) in [6.07, 6.45) is 3.26. The van der Waals surface area contributed by atoms with Crippen LogP contribution in [-0.2, 0) is 17.7 Å². The van der Waals surface area contributed by atoms with Gasteiger partial charge in [-0.1, -0.05) is 56.3 Å². The van der Waals surface area contributed by atoms with Crippen LogP contribution in [0.15, 0.2) is 54.6 Å². The first-order chi connectivity index (χ1) is 13.8. The van der Waals surface area contributed by atoms with Crippen LogP contribution in [0.4, 0.5) is 4.39 Å². The Labute approximate surface area is 169 Å². The predicted molar refractivity (Wildman–Crippen MR) is 115 cm³/mol. The van der Waals surface area contributed by atoms with Gasteiger partial charge in [-0.05, 0) is 55.6 Å². The van der Waals surface area contributed by atoms with Gasteiger partial charge < -0.3 is 15.0 Å². The Morgan fingerprint density at radius 2 is 1.79 bits per heavy atom. The summed E-state index contributed by atoms with van der Waals surface area (Å²) >= 11 is 0. The van der Waals surface area contributed by atoms with E-state index in [2.05, 4.69) is 34.5 Å². The molecule has 2 aromatic carbocycles. The fourth-order valence-corrected chi connectivity index (χ4v) is 3.44. The molecule has 0 bridgehead atoms. The minimum absolute atomic E-state index is 0.180. The van der Waals surface area contributed by atoms with Crippen LogP contribution in [0.2, 0.25) is 0 Å². The Kier molecular flexibility index (Phi) is 10.8. The van der Waals surface area contributed by atoms with E-state index in [-0.39, 0.29) is 11.9 Å². The van der Waals surface area contributed by atoms with Gasteiger partial charge in [0.2, 0.25) is 0 Å². The molecule has 0 saturated carbocycles. The standard InChI is InChI=1S/C22H29FN2O.C2H6/c23-21-10-8-19(9-11-21)16-22-18-25(14-5-15-26-22)13-4-12-24-17-20-6-2-1-3-7-20;1-2/h1-3,6-11,22,24H,4-5,12-18H2;1-2H3. The molecule has 1 heterocycles. The number of rotatable bonds is 8. The molecular weight excluding hydrogens is 351 g/mol. The Hall–Kier alpha value is -1.75. The molecule has 1 aliphatic heterocycles. The van der Waals surface area contributed by atoms with Gasteiger partial charge in [0, 0.05) is 26.2 Å². The summed E-state index contributed by atoms with van der Waals surface area (Å²) in [5.41, 5.74) is 2.47. The zero-order chi connectivity index (χ0) is 20.0. The van der Waals surface area contributed by atoms with E-state index in [4.69, 9.17) is 4.74 Å². The van der Waals surface area contributed by atoms with E-state index >= 15 is 0 Å². The molecule has 3 rings (SSSR count). The summed E-state index contributed by atoms with van der Waals surface area (Å²) in [6.45, 7) is 9.90. The third kappa shape index (κ3) is 8.51. The van der Waals surface area contributed by atoms with Crippen molar-refractivity contribution in [3.05, 3.63) is 71.5 Å². The molecule has 4 heteroatoms. The first-order valence-electron chi connectivity index (χ1n) is 10.6. The van der Waals surface area contributed by atoms with Crippen molar-refractivity contribution in [2.75, 3.05) is 32.8 Å². The van der Waals surface area contributed by atoms with Crippen molar-refractivity contribution in [1.82, 2.24) is 10.2 Å². The molecule has 0 spiro atoms. The van der Waals surface area contributed by atoms with Gasteiger partial charge >= 0.3 is 0 Å². The maximum absolute atomic E-state index is 13.1. The highest BCUT2D eigenvalue weighted by Crippen LogP contribution is 2.13. The third-order valence-electron chi connectivity index (χ3n) is 4.81. The number of benzene rings is 2. The molecule has 0 aliphatic carbocycles. The molecule has 3 nitrogen and oxygen atoms in total. The molecule has 1 atom stereocenters. The molecule has 1 N–H and O–H groups in total. The lowest BCUT2D eigenvalue weighted by Crippen LogP contribution is -2.34. The largest absolute Gasteiger partial charge is 0.376 e. The number of ether oxygens (including phenoxy) is 1. The zero-order valence-electron chi connectivity index (χ0n) is 17.4. The van der Waals surface area contributed by atoms with E-state index in [1.54, 1.807) is 0 Å². The van der Waals surface area contributed by atoms with Crippen LogP contribution in [0.1, 0.15) is 37.8 Å². The van der Waals surface area contributed by atoms with Crippen molar-refractivity contribution in [3.63, 3.8) is 0 Å². The van der Waals surface area contributed by atoms with Gasteiger partial charge in [0.05, 0.1) is 6.10 Å². The Bertz CT molecular complexity index is 633. The van der Waals surface area contributed by atoms with Crippen molar-refractivity contribution in [2.24, 2.45) is 0 Å². The van der Waals surface area contributed by atoms with E-state index < -0.39 is 0 Å². The highest BCUT2D eigenvalue weighted by atomic mass is 19.1. The van der Waals surface area contributed by atoms with Crippen molar-refractivity contribution < 1.29 is 9.13 Å². The van der Waals surface area contributed by atoms with E-state index in [0.29, 0.717) is 0 Å². The van der Waals surface area contributed by atoms with Crippen molar-refractivity contribution in [2.45, 2.75) is 45.8 Å². The highest BCUT2D eigenvalue weighted by Gasteiger charge is 2.18. The summed E-state index contributed by atoms with van der Waals surface area (Å²) < 4.78 is 19.1. The Morgan fingerprint density at radius 3 is 2.54 bits per heavy atom. The van der Waals surface area contributed by atoms with Gasteiger partial charge in [0.25, 0.3) is 0 Å². The first-order valence-corrected chi connectivity index (χ1v) is 10.6. The molecule has 1 unspecified atom stereocenters. The molecule has 2 aromatic rings.